The maximum Gasteiger partial charge on any atom is 0.254 e. The molecule has 5 nitrogen and oxygen atoms in total. The molecule has 2 rings (SSSR count). The number of hydrogen-bond acceptors (Lipinski definition) is 4. The standard InChI is InChI=1S/C14H20N2O3/c1-16(11-3-2-5-15-6-4-11)14(19)10-7-12(17)9-13(18)8-10/h7-9,11,15,17-18H,2-6H2,1H3. The van der Waals surface area contributed by atoms with Gasteiger partial charge in [0.05, 0.1) is 0 Å². The summed E-state index contributed by atoms with van der Waals surface area (Å²) in [6.45, 7) is 1.90. The van der Waals surface area contributed by atoms with Crippen LogP contribution in [0.15, 0.2) is 18.2 Å². The molecule has 3 N–H and O–H groups in total. The minimum absolute atomic E-state index is 0.0979. The molecule has 1 aromatic rings. The van der Waals surface area contributed by atoms with Gasteiger partial charge in [-0.3, -0.25) is 4.79 Å². The zero-order valence-corrected chi connectivity index (χ0v) is 11.1. The van der Waals surface area contributed by atoms with Crippen LogP contribution in [0.4, 0.5) is 0 Å². The normalized spacial score (nSPS) is 19.7. The van der Waals surface area contributed by atoms with Crippen molar-refractivity contribution < 1.29 is 15.0 Å². The first-order chi connectivity index (χ1) is 9.08. The van der Waals surface area contributed by atoms with Crippen molar-refractivity contribution >= 4 is 5.91 Å². The van der Waals surface area contributed by atoms with E-state index >= 15 is 0 Å². The van der Waals surface area contributed by atoms with Crippen LogP contribution in [0.1, 0.15) is 29.6 Å². The number of nitrogens with one attached hydrogen (secondary N) is 1. The minimum Gasteiger partial charge on any atom is -0.508 e. The molecular formula is C14H20N2O3. The van der Waals surface area contributed by atoms with E-state index in [2.05, 4.69) is 5.32 Å². The van der Waals surface area contributed by atoms with Crippen LogP contribution in [0.2, 0.25) is 0 Å². The number of amides is 1. The Hall–Kier alpha value is -1.75. The molecule has 1 atom stereocenters. The van der Waals surface area contributed by atoms with Crippen molar-refractivity contribution in [3.63, 3.8) is 0 Å². The lowest BCUT2D eigenvalue weighted by Crippen LogP contribution is -2.37. The number of benzene rings is 1. The monoisotopic (exact) mass is 264 g/mol. The summed E-state index contributed by atoms with van der Waals surface area (Å²) in [6, 6.07) is 4.18. The molecule has 104 valence electrons. The third-order valence-corrected chi connectivity index (χ3v) is 3.56. The number of rotatable bonds is 2. The van der Waals surface area contributed by atoms with Gasteiger partial charge < -0.3 is 20.4 Å². The lowest BCUT2D eigenvalue weighted by Gasteiger charge is -2.27. The Bertz CT molecular complexity index is 434. The summed E-state index contributed by atoms with van der Waals surface area (Å²) in [7, 11) is 1.78. The van der Waals surface area contributed by atoms with E-state index in [4.69, 9.17) is 0 Å². The maximum absolute atomic E-state index is 12.3. The van der Waals surface area contributed by atoms with Gasteiger partial charge in [0, 0.05) is 24.7 Å². The summed E-state index contributed by atoms with van der Waals surface area (Å²) in [5, 5.41) is 22.2. The van der Waals surface area contributed by atoms with E-state index < -0.39 is 0 Å². The van der Waals surface area contributed by atoms with Gasteiger partial charge in [-0.05, 0) is 44.5 Å². The molecule has 0 radical (unpaired) electrons. The van der Waals surface area contributed by atoms with E-state index in [-0.39, 0.29) is 23.4 Å². The molecule has 5 heteroatoms. The molecule has 0 aliphatic carbocycles. The van der Waals surface area contributed by atoms with Gasteiger partial charge in [-0.2, -0.15) is 0 Å². The molecule has 1 amide bonds. The number of carbonyl (C=O) groups excluding carboxylic acids is 1. The molecule has 19 heavy (non-hydrogen) atoms. The van der Waals surface area contributed by atoms with E-state index in [9.17, 15) is 15.0 Å². The molecule has 1 fully saturated rings. The van der Waals surface area contributed by atoms with Gasteiger partial charge in [-0.25, -0.2) is 0 Å². The number of aromatic hydroxyl groups is 2. The second-order valence-corrected chi connectivity index (χ2v) is 4.99. The van der Waals surface area contributed by atoms with Crippen molar-refractivity contribution in [2.75, 3.05) is 20.1 Å². The van der Waals surface area contributed by atoms with Gasteiger partial charge in [0.1, 0.15) is 11.5 Å². The minimum atomic E-state index is -0.168. The fraction of sp³-hybridized carbons (Fsp3) is 0.500. The van der Waals surface area contributed by atoms with Crippen LogP contribution in [0.5, 0.6) is 11.5 Å². The molecule has 1 unspecified atom stereocenters. The molecular weight excluding hydrogens is 244 g/mol. The summed E-state index contributed by atoms with van der Waals surface area (Å²) < 4.78 is 0. The van der Waals surface area contributed by atoms with Crippen molar-refractivity contribution in [3.05, 3.63) is 23.8 Å². The number of nitrogens with zero attached hydrogens (tertiary/aromatic N) is 1. The summed E-state index contributed by atoms with van der Waals surface area (Å²) >= 11 is 0. The molecule has 0 aromatic heterocycles. The van der Waals surface area contributed by atoms with Gasteiger partial charge in [0.25, 0.3) is 5.91 Å². The topological polar surface area (TPSA) is 72.8 Å². The number of phenolic OH excluding ortho intramolecular Hbond substituents is 2. The first-order valence-corrected chi connectivity index (χ1v) is 6.59. The molecule has 1 aliphatic rings. The van der Waals surface area contributed by atoms with E-state index in [0.29, 0.717) is 5.56 Å². The zero-order chi connectivity index (χ0) is 13.8. The van der Waals surface area contributed by atoms with E-state index in [0.717, 1.165) is 32.4 Å². The third kappa shape index (κ3) is 3.38. The van der Waals surface area contributed by atoms with E-state index in [1.165, 1.54) is 18.2 Å². The first kappa shape index (κ1) is 13.7. The van der Waals surface area contributed by atoms with Crippen molar-refractivity contribution in [2.45, 2.75) is 25.3 Å². The van der Waals surface area contributed by atoms with Crippen LogP contribution in [0.3, 0.4) is 0 Å². The van der Waals surface area contributed by atoms with Crippen LogP contribution >= 0.6 is 0 Å². The summed E-state index contributed by atoms with van der Waals surface area (Å²) in [6.07, 6.45) is 2.95. The van der Waals surface area contributed by atoms with E-state index in [1.807, 2.05) is 0 Å². The quantitative estimate of drug-likeness (QED) is 0.753. The first-order valence-electron chi connectivity index (χ1n) is 6.59. The predicted octanol–water partition coefficient (Wildman–Crippen LogP) is 1.31. The Morgan fingerprint density at radius 2 is 1.89 bits per heavy atom. The fourth-order valence-corrected chi connectivity index (χ4v) is 2.48. The second kappa shape index (κ2) is 5.93. The molecule has 0 saturated carbocycles. The average molecular weight is 264 g/mol. The highest BCUT2D eigenvalue weighted by atomic mass is 16.3. The molecule has 1 aromatic carbocycles. The highest BCUT2D eigenvalue weighted by Gasteiger charge is 2.22. The Morgan fingerprint density at radius 1 is 1.21 bits per heavy atom. The highest BCUT2D eigenvalue weighted by Crippen LogP contribution is 2.23. The molecule has 1 saturated heterocycles. The third-order valence-electron chi connectivity index (χ3n) is 3.56. The molecule has 1 aliphatic heterocycles. The van der Waals surface area contributed by atoms with Gasteiger partial charge >= 0.3 is 0 Å². The smallest absolute Gasteiger partial charge is 0.254 e. The number of carbonyl (C=O) groups is 1. The Balaban J connectivity index is 2.13. The molecule has 0 spiro atoms. The van der Waals surface area contributed by atoms with Crippen molar-refractivity contribution in [1.29, 1.82) is 0 Å². The van der Waals surface area contributed by atoms with Gasteiger partial charge in [-0.15, -0.1) is 0 Å². The van der Waals surface area contributed by atoms with Gasteiger partial charge in [-0.1, -0.05) is 0 Å². The Labute approximate surface area is 112 Å². The average Bonchev–Trinajstić information content (AvgIpc) is 2.64. The van der Waals surface area contributed by atoms with Crippen LogP contribution in [-0.2, 0) is 0 Å². The summed E-state index contributed by atoms with van der Waals surface area (Å²) in [4.78, 5) is 14.1. The predicted molar refractivity (Wildman–Crippen MR) is 72.4 cm³/mol. The molecule has 1 heterocycles. The summed E-state index contributed by atoms with van der Waals surface area (Å²) in [5.41, 5.74) is 0.317. The maximum atomic E-state index is 12.3. The lowest BCUT2D eigenvalue weighted by atomic mass is 10.1. The summed E-state index contributed by atoms with van der Waals surface area (Å²) in [5.74, 6) is -0.364. The SMILES string of the molecule is CN(C(=O)c1cc(O)cc(O)c1)C1CCCNCC1. The van der Waals surface area contributed by atoms with Gasteiger partial charge in [0.15, 0.2) is 0 Å². The van der Waals surface area contributed by atoms with Crippen molar-refractivity contribution in [2.24, 2.45) is 0 Å². The van der Waals surface area contributed by atoms with Crippen molar-refractivity contribution in [1.82, 2.24) is 10.2 Å². The number of phenols is 2. The Morgan fingerprint density at radius 3 is 2.58 bits per heavy atom. The second-order valence-electron chi connectivity index (χ2n) is 4.99. The van der Waals surface area contributed by atoms with Gasteiger partial charge in [0.2, 0.25) is 0 Å². The van der Waals surface area contributed by atoms with Crippen LogP contribution in [0, 0.1) is 0 Å². The van der Waals surface area contributed by atoms with Crippen molar-refractivity contribution in [3.8, 4) is 11.5 Å². The van der Waals surface area contributed by atoms with Crippen LogP contribution < -0.4 is 5.32 Å². The zero-order valence-electron chi connectivity index (χ0n) is 11.1. The Kier molecular flexibility index (Phi) is 4.27. The number of hydrogen-bond donors (Lipinski definition) is 3. The van der Waals surface area contributed by atoms with Crippen LogP contribution in [0.25, 0.3) is 0 Å². The van der Waals surface area contributed by atoms with E-state index in [1.54, 1.807) is 11.9 Å². The largest absolute Gasteiger partial charge is 0.508 e. The highest BCUT2D eigenvalue weighted by molar-refractivity contribution is 5.95. The fourth-order valence-electron chi connectivity index (χ4n) is 2.48. The van der Waals surface area contributed by atoms with Crippen LogP contribution in [-0.4, -0.2) is 47.2 Å². The lowest BCUT2D eigenvalue weighted by molar-refractivity contribution is 0.0719. The molecule has 0 bridgehead atoms.